The zero-order chi connectivity index (χ0) is 14.0. The van der Waals surface area contributed by atoms with Crippen LogP contribution in [0.3, 0.4) is 0 Å². The molecule has 0 amide bonds. The number of hydrogen-bond donors (Lipinski definition) is 0. The lowest BCUT2D eigenvalue weighted by molar-refractivity contribution is -0.208. The van der Waals surface area contributed by atoms with Gasteiger partial charge in [0.2, 0.25) is 0 Å². The second-order valence-electron chi connectivity index (χ2n) is 7.18. The van der Waals surface area contributed by atoms with E-state index in [1.54, 1.807) is 0 Å². The van der Waals surface area contributed by atoms with Crippen LogP contribution in [0.25, 0.3) is 0 Å². The largest absolute Gasteiger partial charge is 0.461 e. The third-order valence-corrected chi connectivity index (χ3v) is 4.67. The fraction of sp³-hybridized carbons (Fsp3) is 0.938. The maximum absolute atomic E-state index is 12.0. The quantitative estimate of drug-likeness (QED) is 0.715. The van der Waals surface area contributed by atoms with Gasteiger partial charge in [0.15, 0.2) is 0 Å². The molecule has 0 N–H and O–H groups in total. The Hall–Kier alpha value is -0.570. The predicted molar refractivity (Wildman–Crippen MR) is 74.8 cm³/mol. The van der Waals surface area contributed by atoms with Crippen molar-refractivity contribution in [2.24, 2.45) is 17.3 Å². The Balaban J connectivity index is 1.78. The lowest BCUT2D eigenvalue weighted by atomic mass is 9.66. The maximum atomic E-state index is 12.0. The van der Waals surface area contributed by atoms with Crippen LogP contribution in [0.1, 0.15) is 59.8 Å². The van der Waals surface area contributed by atoms with Crippen molar-refractivity contribution in [2.75, 3.05) is 6.61 Å². The first-order chi connectivity index (χ1) is 8.91. The van der Waals surface area contributed by atoms with Crippen molar-refractivity contribution >= 4 is 5.97 Å². The summed E-state index contributed by atoms with van der Waals surface area (Å²) in [5.41, 5.74) is -0.0385. The van der Waals surface area contributed by atoms with E-state index in [0.717, 1.165) is 25.9 Å². The van der Waals surface area contributed by atoms with Crippen molar-refractivity contribution in [2.45, 2.75) is 72.0 Å². The number of hydrogen-bond acceptors (Lipinski definition) is 3. The van der Waals surface area contributed by atoms with Crippen molar-refractivity contribution in [1.82, 2.24) is 0 Å². The number of ether oxygens (including phenoxy) is 2. The summed E-state index contributed by atoms with van der Waals surface area (Å²) < 4.78 is 11.6. The van der Waals surface area contributed by atoms with Crippen LogP contribution in [0.4, 0.5) is 0 Å². The van der Waals surface area contributed by atoms with Crippen molar-refractivity contribution < 1.29 is 14.3 Å². The van der Waals surface area contributed by atoms with Crippen LogP contribution < -0.4 is 0 Å². The van der Waals surface area contributed by atoms with Crippen molar-refractivity contribution in [3.8, 4) is 0 Å². The van der Waals surface area contributed by atoms with Gasteiger partial charge in [0, 0.05) is 18.4 Å². The van der Waals surface area contributed by atoms with Crippen LogP contribution in [-0.2, 0) is 14.3 Å². The highest BCUT2D eigenvalue weighted by molar-refractivity contribution is 5.73. The van der Waals surface area contributed by atoms with Gasteiger partial charge in [0.05, 0.1) is 12.0 Å². The maximum Gasteiger partial charge on any atom is 0.309 e. The van der Waals surface area contributed by atoms with Crippen LogP contribution in [0.5, 0.6) is 0 Å². The molecule has 0 radical (unpaired) electrons. The van der Waals surface area contributed by atoms with Gasteiger partial charge in [-0.15, -0.1) is 0 Å². The third-order valence-electron chi connectivity index (χ3n) is 4.67. The molecule has 0 heterocycles. The monoisotopic (exact) mass is 268 g/mol. The summed E-state index contributed by atoms with van der Waals surface area (Å²) in [6, 6.07) is 0. The highest BCUT2D eigenvalue weighted by atomic mass is 16.6. The Morgan fingerprint density at radius 2 is 1.84 bits per heavy atom. The minimum atomic E-state index is -0.0385. The van der Waals surface area contributed by atoms with E-state index in [9.17, 15) is 4.79 Å². The molecule has 2 unspecified atom stereocenters. The molecule has 2 rings (SSSR count). The van der Waals surface area contributed by atoms with Crippen molar-refractivity contribution in [3.05, 3.63) is 0 Å². The molecular weight excluding hydrogens is 240 g/mol. The summed E-state index contributed by atoms with van der Waals surface area (Å²) in [5, 5.41) is 0. The molecule has 3 nitrogen and oxygen atoms in total. The zero-order valence-corrected chi connectivity index (χ0v) is 12.8. The minimum Gasteiger partial charge on any atom is -0.461 e. The number of rotatable bonds is 5. The van der Waals surface area contributed by atoms with Crippen LogP contribution in [0.15, 0.2) is 0 Å². The minimum absolute atomic E-state index is 0.0258. The first kappa shape index (κ1) is 14.8. The van der Waals surface area contributed by atoms with Gasteiger partial charge in [-0.05, 0) is 18.8 Å². The molecule has 0 aromatic rings. The molecule has 0 aliphatic heterocycles. The lowest BCUT2D eigenvalue weighted by Crippen LogP contribution is -2.56. The molecule has 0 aromatic carbocycles. The summed E-state index contributed by atoms with van der Waals surface area (Å²) in [4.78, 5) is 12.0. The highest BCUT2D eigenvalue weighted by Crippen LogP contribution is 2.45. The van der Waals surface area contributed by atoms with E-state index < -0.39 is 0 Å². The number of esters is 1. The predicted octanol–water partition coefficient (Wildman–Crippen LogP) is 3.56. The Morgan fingerprint density at radius 3 is 2.37 bits per heavy atom. The summed E-state index contributed by atoms with van der Waals surface area (Å²) in [7, 11) is 0. The molecule has 0 bridgehead atoms. The van der Waals surface area contributed by atoms with Gasteiger partial charge in [0.25, 0.3) is 0 Å². The summed E-state index contributed by atoms with van der Waals surface area (Å²) in [6.07, 6.45) is 5.51. The average molecular weight is 268 g/mol. The van der Waals surface area contributed by atoms with Gasteiger partial charge >= 0.3 is 5.97 Å². The number of carbonyl (C=O) groups is 1. The second-order valence-corrected chi connectivity index (χ2v) is 7.18. The van der Waals surface area contributed by atoms with E-state index >= 15 is 0 Å². The second kappa shape index (κ2) is 5.82. The molecule has 2 saturated carbocycles. The van der Waals surface area contributed by atoms with Gasteiger partial charge in [-0.2, -0.15) is 0 Å². The Kier molecular flexibility index (Phi) is 4.54. The molecule has 2 atom stereocenters. The van der Waals surface area contributed by atoms with E-state index in [0.29, 0.717) is 5.92 Å². The molecule has 110 valence electrons. The summed E-state index contributed by atoms with van der Waals surface area (Å²) >= 11 is 0. The van der Waals surface area contributed by atoms with Gasteiger partial charge in [-0.1, -0.05) is 40.5 Å². The summed E-state index contributed by atoms with van der Waals surface area (Å²) in [5.74, 6) is 0.736. The average Bonchev–Trinajstić information content (AvgIpc) is 2.85. The molecular formula is C16H28O3. The smallest absolute Gasteiger partial charge is 0.309 e. The Labute approximate surface area is 117 Å². The van der Waals surface area contributed by atoms with Gasteiger partial charge in [-0.25, -0.2) is 0 Å². The molecule has 0 saturated heterocycles. The van der Waals surface area contributed by atoms with Crippen LogP contribution in [0.2, 0.25) is 0 Å². The van der Waals surface area contributed by atoms with E-state index in [1.807, 2.05) is 0 Å². The molecule has 0 aromatic heterocycles. The summed E-state index contributed by atoms with van der Waals surface area (Å²) in [6.45, 7) is 9.39. The standard InChI is InChI=1S/C16H28O3/c1-11(2)10-18-13-9-14(16(13,3)4)19-15(17)12-7-5-6-8-12/h11-14H,5-10H2,1-4H3. The molecule has 19 heavy (non-hydrogen) atoms. The van der Waals surface area contributed by atoms with Gasteiger partial charge < -0.3 is 9.47 Å². The van der Waals surface area contributed by atoms with Gasteiger partial charge in [0.1, 0.15) is 6.10 Å². The van der Waals surface area contributed by atoms with E-state index in [1.165, 1.54) is 12.8 Å². The zero-order valence-electron chi connectivity index (χ0n) is 12.8. The first-order valence-corrected chi connectivity index (χ1v) is 7.73. The van der Waals surface area contributed by atoms with E-state index in [2.05, 4.69) is 27.7 Å². The van der Waals surface area contributed by atoms with Crippen LogP contribution in [0, 0.1) is 17.3 Å². The molecule has 0 spiro atoms. The van der Waals surface area contributed by atoms with Crippen LogP contribution in [-0.4, -0.2) is 24.8 Å². The SMILES string of the molecule is CC(C)COC1CC(OC(=O)C2CCCC2)C1(C)C. The first-order valence-electron chi connectivity index (χ1n) is 7.73. The topological polar surface area (TPSA) is 35.5 Å². The Morgan fingerprint density at radius 1 is 1.21 bits per heavy atom. The fourth-order valence-electron chi connectivity index (χ4n) is 3.04. The molecule has 3 heteroatoms. The van der Waals surface area contributed by atoms with Crippen LogP contribution >= 0.6 is 0 Å². The van der Waals surface area contributed by atoms with Crippen molar-refractivity contribution in [1.29, 1.82) is 0 Å². The highest BCUT2D eigenvalue weighted by Gasteiger charge is 2.52. The lowest BCUT2D eigenvalue weighted by Gasteiger charge is -2.50. The molecule has 2 aliphatic carbocycles. The molecule has 2 aliphatic rings. The molecule has 2 fully saturated rings. The normalized spacial score (nSPS) is 30.4. The third kappa shape index (κ3) is 3.31. The van der Waals surface area contributed by atoms with Crippen molar-refractivity contribution in [3.63, 3.8) is 0 Å². The Bertz CT molecular complexity index is 316. The van der Waals surface area contributed by atoms with Gasteiger partial charge in [-0.3, -0.25) is 4.79 Å². The van der Waals surface area contributed by atoms with E-state index in [4.69, 9.17) is 9.47 Å². The number of carbonyl (C=O) groups excluding carboxylic acids is 1. The fourth-order valence-corrected chi connectivity index (χ4v) is 3.04. The van der Waals surface area contributed by atoms with E-state index in [-0.39, 0.29) is 29.5 Å².